The Balaban J connectivity index is 1.42. The lowest BCUT2D eigenvalue weighted by atomic mass is 10.2. The standard InChI is InChI=1S/C23H27N3O3/c1-17-22(18(2)29-25-17)16-28-21-12-10-19(11-13-21)23(27)24-14-7-15-26(3)20-8-5-4-6-9-20/h4-6,8-13H,7,14-16H2,1-3H3,(H,24,27). The van der Waals surface area contributed by atoms with Gasteiger partial charge in [-0.3, -0.25) is 4.79 Å². The Morgan fingerprint density at radius 1 is 1.10 bits per heavy atom. The highest BCUT2D eigenvalue weighted by molar-refractivity contribution is 5.94. The minimum atomic E-state index is -0.0790. The molecule has 152 valence electrons. The molecule has 0 saturated carbocycles. The summed E-state index contributed by atoms with van der Waals surface area (Å²) in [5, 5.41) is 6.89. The Kier molecular flexibility index (Phi) is 6.89. The molecule has 0 spiro atoms. The van der Waals surface area contributed by atoms with E-state index in [4.69, 9.17) is 9.26 Å². The summed E-state index contributed by atoms with van der Waals surface area (Å²) in [7, 11) is 2.05. The molecule has 0 aliphatic rings. The summed E-state index contributed by atoms with van der Waals surface area (Å²) >= 11 is 0. The van der Waals surface area contributed by atoms with Crippen molar-refractivity contribution in [3.63, 3.8) is 0 Å². The highest BCUT2D eigenvalue weighted by Crippen LogP contribution is 2.18. The summed E-state index contributed by atoms with van der Waals surface area (Å²) in [6.07, 6.45) is 0.871. The highest BCUT2D eigenvalue weighted by Gasteiger charge is 2.10. The monoisotopic (exact) mass is 393 g/mol. The van der Waals surface area contributed by atoms with Gasteiger partial charge in [-0.1, -0.05) is 23.4 Å². The van der Waals surface area contributed by atoms with Crippen LogP contribution in [0.4, 0.5) is 5.69 Å². The van der Waals surface area contributed by atoms with Crippen LogP contribution in [0.15, 0.2) is 59.1 Å². The zero-order chi connectivity index (χ0) is 20.6. The van der Waals surface area contributed by atoms with Crippen LogP contribution in [0.3, 0.4) is 0 Å². The molecular weight excluding hydrogens is 366 g/mol. The largest absolute Gasteiger partial charge is 0.489 e. The summed E-state index contributed by atoms with van der Waals surface area (Å²) in [4.78, 5) is 14.5. The van der Waals surface area contributed by atoms with Gasteiger partial charge in [0, 0.05) is 31.4 Å². The topological polar surface area (TPSA) is 67.6 Å². The number of carbonyl (C=O) groups excluding carboxylic acids is 1. The molecule has 1 heterocycles. The van der Waals surface area contributed by atoms with Crippen molar-refractivity contribution >= 4 is 11.6 Å². The number of hydrogen-bond acceptors (Lipinski definition) is 5. The van der Waals surface area contributed by atoms with Gasteiger partial charge in [-0.25, -0.2) is 0 Å². The lowest BCUT2D eigenvalue weighted by Crippen LogP contribution is -2.28. The normalized spacial score (nSPS) is 10.6. The molecule has 1 aromatic heterocycles. The second-order valence-corrected chi connectivity index (χ2v) is 6.98. The summed E-state index contributed by atoms with van der Waals surface area (Å²) in [6, 6.07) is 17.4. The summed E-state index contributed by atoms with van der Waals surface area (Å²) in [5.74, 6) is 1.38. The van der Waals surface area contributed by atoms with Gasteiger partial charge in [-0.15, -0.1) is 0 Å². The number of ether oxygens (including phenoxy) is 1. The van der Waals surface area contributed by atoms with Crippen LogP contribution in [0.2, 0.25) is 0 Å². The van der Waals surface area contributed by atoms with Crippen molar-refractivity contribution in [2.24, 2.45) is 0 Å². The summed E-state index contributed by atoms with van der Waals surface area (Å²) in [5.41, 5.74) is 3.57. The molecule has 0 bridgehead atoms. The minimum absolute atomic E-state index is 0.0790. The zero-order valence-corrected chi connectivity index (χ0v) is 17.1. The maximum atomic E-state index is 12.3. The quantitative estimate of drug-likeness (QED) is 0.554. The third-order valence-electron chi connectivity index (χ3n) is 4.83. The number of rotatable bonds is 9. The van der Waals surface area contributed by atoms with Crippen LogP contribution in [0.1, 0.15) is 33.8 Å². The van der Waals surface area contributed by atoms with Gasteiger partial charge < -0.3 is 19.5 Å². The first kappa shape index (κ1) is 20.5. The Morgan fingerprint density at radius 3 is 2.48 bits per heavy atom. The fourth-order valence-electron chi connectivity index (χ4n) is 3.00. The van der Waals surface area contributed by atoms with E-state index in [-0.39, 0.29) is 5.91 Å². The number of para-hydroxylation sites is 1. The van der Waals surface area contributed by atoms with Crippen LogP contribution in [0, 0.1) is 13.8 Å². The molecule has 0 aliphatic carbocycles. The molecule has 3 aromatic rings. The number of carbonyl (C=O) groups is 1. The van der Waals surface area contributed by atoms with Crippen LogP contribution in [0.5, 0.6) is 5.75 Å². The van der Waals surface area contributed by atoms with Gasteiger partial charge in [0.15, 0.2) is 0 Å². The molecule has 0 unspecified atom stereocenters. The second-order valence-electron chi connectivity index (χ2n) is 6.98. The fraction of sp³-hybridized carbons (Fsp3) is 0.304. The molecule has 0 radical (unpaired) electrons. The van der Waals surface area contributed by atoms with E-state index < -0.39 is 0 Å². The maximum Gasteiger partial charge on any atom is 0.251 e. The molecular formula is C23H27N3O3. The van der Waals surface area contributed by atoms with Crippen molar-refractivity contribution in [3.8, 4) is 5.75 Å². The molecule has 1 N–H and O–H groups in total. The molecule has 6 nitrogen and oxygen atoms in total. The molecule has 29 heavy (non-hydrogen) atoms. The van der Waals surface area contributed by atoms with Crippen LogP contribution in [-0.4, -0.2) is 31.2 Å². The van der Waals surface area contributed by atoms with Crippen molar-refractivity contribution < 1.29 is 14.1 Å². The highest BCUT2D eigenvalue weighted by atomic mass is 16.5. The van der Waals surface area contributed by atoms with E-state index in [1.54, 1.807) is 24.3 Å². The molecule has 0 fully saturated rings. The molecule has 0 atom stereocenters. The van der Waals surface area contributed by atoms with Crippen molar-refractivity contribution in [2.75, 3.05) is 25.0 Å². The van der Waals surface area contributed by atoms with E-state index in [2.05, 4.69) is 34.6 Å². The third-order valence-corrected chi connectivity index (χ3v) is 4.83. The number of hydrogen-bond donors (Lipinski definition) is 1. The minimum Gasteiger partial charge on any atom is -0.489 e. The van der Waals surface area contributed by atoms with Crippen LogP contribution >= 0.6 is 0 Å². The van der Waals surface area contributed by atoms with Crippen LogP contribution in [0.25, 0.3) is 0 Å². The molecule has 0 saturated heterocycles. The molecule has 2 aromatic carbocycles. The summed E-state index contributed by atoms with van der Waals surface area (Å²) in [6.45, 7) is 5.64. The van der Waals surface area contributed by atoms with Crippen molar-refractivity contribution in [3.05, 3.63) is 77.2 Å². The fourth-order valence-corrected chi connectivity index (χ4v) is 3.00. The van der Waals surface area contributed by atoms with E-state index in [1.807, 2.05) is 32.0 Å². The van der Waals surface area contributed by atoms with Gasteiger partial charge in [-0.2, -0.15) is 0 Å². The smallest absolute Gasteiger partial charge is 0.251 e. The van der Waals surface area contributed by atoms with E-state index >= 15 is 0 Å². The van der Waals surface area contributed by atoms with Gasteiger partial charge in [0.25, 0.3) is 5.91 Å². The number of nitrogens with zero attached hydrogens (tertiary/aromatic N) is 2. The van der Waals surface area contributed by atoms with Crippen molar-refractivity contribution in [1.82, 2.24) is 10.5 Å². The van der Waals surface area contributed by atoms with Gasteiger partial charge in [0.2, 0.25) is 0 Å². The Morgan fingerprint density at radius 2 is 1.83 bits per heavy atom. The number of aromatic nitrogens is 1. The van der Waals surface area contributed by atoms with Crippen molar-refractivity contribution in [1.29, 1.82) is 0 Å². The van der Waals surface area contributed by atoms with Crippen LogP contribution < -0.4 is 15.0 Å². The number of aryl methyl sites for hydroxylation is 2. The first-order valence-electron chi connectivity index (χ1n) is 9.73. The Labute approximate surface area is 171 Å². The van der Waals surface area contributed by atoms with E-state index in [1.165, 1.54) is 5.69 Å². The molecule has 0 aliphatic heterocycles. The average Bonchev–Trinajstić information content (AvgIpc) is 3.07. The Hall–Kier alpha value is -3.28. The number of amides is 1. The average molecular weight is 393 g/mol. The van der Waals surface area contributed by atoms with Gasteiger partial charge in [0.1, 0.15) is 18.1 Å². The lowest BCUT2D eigenvalue weighted by Gasteiger charge is -2.19. The van der Waals surface area contributed by atoms with Crippen molar-refractivity contribution in [2.45, 2.75) is 26.9 Å². The number of nitrogens with one attached hydrogen (secondary N) is 1. The zero-order valence-electron chi connectivity index (χ0n) is 17.1. The molecule has 6 heteroatoms. The van der Waals surface area contributed by atoms with E-state index in [0.29, 0.717) is 24.5 Å². The van der Waals surface area contributed by atoms with Crippen LogP contribution in [-0.2, 0) is 6.61 Å². The van der Waals surface area contributed by atoms with Gasteiger partial charge in [-0.05, 0) is 56.7 Å². The maximum absolute atomic E-state index is 12.3. The third kappa shape index (κ3) is 5.60. The SMILES string of the molecule is Cc1noc(C)c1COc1ccc(C(=O)NCCCN(C)c2ccccc2)cc1. The van der Waals surface area contributed by atoms with E-state index in [9.17, 15) is 4.79 Å². The lowest BCUT2D eigenvalue weighted by molar-refractivity contribution is 0.0953. The number of benzene rings is 2. The van der Waals surface area contributed by atoms with E-state index in [0.717, 1.165) is 30.0 Å². The summed E-state index contributed by atoms with van der Waals surface area (Å²) < 4.78 is 10.9. The molecule has 3 rings (SSSR count). The first-order valence-corrected chi connectivity index (χ1v) is 9.73. The Bertz CT molecular complexity index is 901. The molecule has 1 amide bonds. The first-order chi connectivity index (χ1) is 14.0. The van der Waals surface area contributed by atoms with Gasteiger partial charge in [0.05, 0.1) is 11.3 Å². The number of anilines is 1. The second kappa shape index (κ2) is 9.78. The predicted molar refractivity (Wildman–Crippen MR) is 113 cm³/mol. The van der Waals surface area contributed by atoms with Gasteiger partial charge >= 0.3 is 0 Å². The predicted octanol–water partition coefficient (Wildman–Crippen LogP) is 4.13.